The minimum absolute atomic E-state index is 0.890. The average molecular weight is 562 g/mol. The van der Waals surface area contributed by atoms with Gasteiger partial charge in [-0.2, -0.15) is 0 Å². The Morgan fingerprint density at radius 1 is 0.364 bits per heavy atom. The van der Waals surface area contributed by atoms with E-state index in [0.717, 1.165) is 39.0 Å². The van der Waals surface area contributed by atoms with E-state index in [-0.39, 0.29) is 0 Å². The van der Waals surface area contributed by atoms with Gasteiger partial charge in [0.2, 0.25) is 0 Å². The molecule has 44 heavy (non-hydrogen) atoms. The number of hydrogen-bond donors (Lipinski definition) is 0. The highest BCUT2D eigenvalue weighted by molar-refractivity contribution is 6.23. The van der Waals surface area contributed by atoms with Gasteiger partial charge in [-0.05, 0) is 75.0 Å². The highest BCUT2D eigenvalue weighted by atomic mass is 16.3. The molecule has 8 aromatic carbocycles. The van der Waals surface area contributed by atoms with E-state index in [9.17, 15) is 0 Å². The van der Waals surface area contributed by atoms with Gasteiger partial charge in [-0.15, -0.1) is 0 Å². The lowest BCUT2D eigenvalue weighted by Gasteiger charge is -2.30. The second kappa shape index (κ2) is 9.86. The molecule has 0 unspecified atom stereocenters. The average Bonchev–Trinajstić information content (AvgIpc) is 3.47. The Hall–Kier alpha value is -5.86. The molecule has 0 spiro atoms. The number of para-hydroxylation sites is 2. The first-order valence-corrected chi connectivity index (χ1v) is 15.0. The molecule has 0 fully saturated rings. The molecule has 0 saturated carbocycles. The Kier molecular flexibility index (Phi) is 5.54. The molecule has 206 valence electrons. The second-order valence-corrected chi connectivity index (χ2v) is 11.3. The molecule has 1 heterocycles. The van der Waals surface area contributed by atoms with Gasteiger partial charge in [-0.25, -0.2) is 0 Å². The summed E-state index contributed by atoms with van der Waals surface area (Å²) in [5, 5.41) is 9.61. The van der Waals surface area contributed by atoms with Gasteiger partial charge in [-0.1, -0.05) is 121 Å². The van der Waals surface area contributed by atoms with E-state index in [4.69, 9.17) is 4.42 Å². The summed E-state index contributed by atoms with van der Waals surface area (Å²) >= 11 is 0. The maximum atomic E-state index is 6.24. The standard InChI is InChI=1S/C42H27NO/c1-2-14-31(15-3-1)43(32-24-25-40-38(27-32)35-18-10-11-21-39(35)44-40)42-37-20-9-7-17-34(37)33-16-6-8-19-36(33)41(42)30-23-22-28-12-4-5-13-29(28)26-30/h1-27H. The van der Waals surface area contributed by atoms with Crippen molar-refractivity contribution < 1.29 is 4.42 Å². The Balaban J connectivity index is 1.44. The van der Waals surface area contributed by atoms with Crippen LogP contribution in [0.15, 0.2) is 168 Å². The van der Waals surface area contributed by atoms with Crippen LogP contribution in [-0.4, -0.2) is 0 Å². The fourth-order valence-corrected chi connectivity index (χ4v) is 6.83. The molecule has 0 saturated heterocycles. The molecule has 2 heteroatoms. The van der Waals surface area contributed by atoms with Gasteiger partial charge in [-0.3, -0.25) is 0 Å². The molecule has 1 aromatic heterocycles. The van der Waals surface area contributed by atoms with Crippen molar-refractivity contribution in [1.29, 1.82) is 0 Å². The minimum Gasteiger partial charge on any atom is -0.456 e. The predicted octanol–water partition coefficient (Wildman–Crippen LogP) is 12.2. The van der Waals surface area contributed by atoms with E-state index in [1.54, 1.807) is 0 Å². The van der Waals surface area contributed by atoms with Gasteiger partial charge < -0.3 is 9.32 Å². The van der Waals surface area contributed by atoms with Crippen LogP contribution < -0.4 is 4.90 Å². The molecule has 0 atom stereocenters. The van der Waals surface area contributed by atoms with Crippen LogP contribution in [0.3, 0.4) is 0 Å². The Morgan fingerprint density at radius 3 is 1.80 bits per heavy atom. The van der Waals surface area contributed by atoms with Gasteiger partial charge >= 0.3 is 0 Å². The maximum absolute atomic E-state index is 6.24. The summed E-state index contributed by atoms with van der Waals surface area (Å²) in [6.45, 7) is 0. The fourth-order valence-electron chi connectivity index (χ4n) is 6.83. The van der Waals surface area contributed by atoms with E-state index in [1.807, 2.05) is 12.1 Å². The zero-order valence-electron chi connectivity index (χ0n) is 23.9. The first-order valence-electron chi connectivity index (χ1n) is 15.0. The predicted molar refractivity (Wildman–Crippen MR) is 186 cm³/mol. The van der Waals surface area contributed by atoms with Gasteiger partial charge in [0, 0.05) is 33.1 Å². The van der Waals surface area contributed by atoms with Crippen molar-refractivity contribution in [2.24, 2.45) is 0 Å². The van der Waals surface area contributed by atoms with Crippen LogP contribution in [0.2, 0.25) is 0 Å². The summed E-state index contributed by atoms with van der Waals surface area (Å²) in [7, 11) is 0. The lowest BCUT2D eigenvalue weighted by atomic mass is 9.89. The van der Waals surface area contributed by atoms with Crippen molar-refractivity contribution in [2.75, 3.05) is 4.90 Å². The van der Waals surface area contributed by atoms with Crippen molar-refractivity contribution in [3.8, 4) is 11.1 Å². The molecular weight excluding hydrogens is 534 g/mol. The van der Waals surface area contributed by atoms with E-state index >= 15 is 0 Å². The summed E-state index contributed by atoms with van der Waals surface area (Å²) in [6, 6.07) is 58.7. The number of rotatable bonds is 4. The Bertz CT molecular complexity index is 2510. The lowest BCUT2D eigenvalue weighted by Crippen LogP contribution is -2.12. The third-order valence-corrected chi connectivity index (χ3v) is 8.80. The molecule has 0 radical (unpaired) electrons. The normalized spacial score (nSPS) is 11.6. The van der Waals surface area contributed by atoms with E-state index in [1.165, 1.54) is 43.4 Å². The highest BCUT2D eigenvalue weighted by Gasteiger charge is 2.24. The SMILES string of the molecule is c1ccc(N(c2ccc3oc4ccccc4c3c2)c2c(-c3ccc4ccccc4c3)c3ccccc3c3ccccc23)cc1. The van der Waals surface area contributed by atoms with Crippen LogP contribution in [0.25, 0.3) is 65.4 Å². The highest BCUT2D eigenvalue weighted by Crippen LogP contribution is 2.50. The molecule has 0 N–H and O–H groups in total. The van der Waals surface area contributed by atoms with Crippen molar-refractivity contribution in [3.05, 3.63) is 164 Å². The number of benzene rings is 8. The van der Waals surface area contributed by atoms with E-state index < -0.39 is 0 Å². The van der Waals surface area contributed by atoms with Crippen LogP contribution >= 0.6 is 0 Å². The summed E-state index contributed by atoms with van der Waals surface area (Å²) in [6.07, 6.45) is 0. The van der Waals surface area contributed by atoms with Gasteiger partial charge in [0.15, 0.2) is 0 Å². The van der Waals surface area contributed by atoms with Crippen LogP contribution in [0.4, 0.5) is 17.1 Å². The Morgan fingerprint density at radius 2 is 0.977 bits per heavy atom. The Labute approximate surface area is 255 Å². The molecule has 0 aliphatic rings. The fraction of sp³-hybridized carbons (Fsp3) is 0. The van der Waals surface area contributed by atoms with Gasteiger partial charge in [0.1, 0.15) is 11.2 Å². The number of anilines is 3. The van der Waals surface area contributed by atoms with Crippen molar-refractivity contribution >= 4 is 71.3 Å². The van der Waals surface area contributed by atoms with E-state index in [2.05, 4.69) is 157 Å². The molecule has 2 nitrogen and oxygen atoms in total. The van der Waals surface area contributed by atoms with Gasteiger partial charge in [0.05, 0.1) is 5.69 Å². The third kappa shape index (κ3) is 3.82. The minimum atomic E-state index is 0.890. The van der Waals surface area contributed by atoms with Crippen LogP contribution in [0.5, 0.6) is 0 Å². The number of nitrogens with zero attached hydrogens (tertiary/aromatic N) is 1. The van der Waals surface area contributed by atoms with Crippen molar-refractivity contribution in [1.82, 2.24) is 0 Å². The summed E-state index contributed by atoms with van der Waals surface area (Å²) < 4.78 is 6.24. The maximum Gasteiger partial charge on any atom is 0.135 e. The lowest BCUT2D eigenvalue weighted by molar-refractivity contribution is 0.669. The topological polar surface area (TPSA) is 16.4 Å². The first kappa shape index (κ1) is 24.7. The van der Waals surface area contributed by atoms with Crippen LogP contribution in [0, 0.1) is 0 Å². The molecule has 0 amide bonds. The zero-order chi connectivity index (χ0) is 29.0. The van der Waals surface area contributed by atoms with Gasteiger partial charge in [0.25, 0.3) is 0 Å². The number of hydrogen-bond acceptors (Lipinski definition) is 2. The summed E-state index contributed by atoms with van der Waals surface area (Å²) in [5.41, 5.74) is 7.54. The molecule has 0 aliphatic heterocycles. The quantitative estimate of drug-likeness (QED) is 0.199. The molecule has 9 rings (SSSR count). The number of furan rings is 1. The van der Waals surface area contributed by atoms with Crippen molar-refractivity contribution in [3.63, 3.8) is 0 Å². The number of fused-ring (bicyclic) bond motifs is 7. The molecular formula is C42H27NO. The van der Waals surface area contributed by atoms with Crippen LogP contribution in [0.1, 0.15) is 0 Å². The molecule has 0 aliphatic carbocycles. The smallest absolute Gasteiger partial charge is 0.135 e. The zero-order valence-corrected chi connectivity index (χ0v) is 23.9. The largest absolute Gasteiger partial charge is 0.456 e. The molecule has 0 bridgehead atoms. The summed E-state index contributed by atoms with van der Waals surface area (Å²) in [4.78, 5) is 2.43. The second-order valence-electron chi connectivity index (χ2n) is 11.3. The van der Waals surface area contributed by atoms with Crippen LogP contribution in [-0.2, 0) is 0 Å². The molecule has 9 aromatic rings. The third-order valence-electron chi connectivity index (χ3n) is 8.80. The first-order chi connectivity index (χ1) is 21.8. The monoisotopic (exact) mass is 561 g/mol. The van der Waals surface area contributed by atoms with E-state index in [0.29, 0.717) is 0 Å². The van der Waals surface area contributed by atoms with Crippen molar-refractivity contribution in [2.45, 2.75) is 0 Å². The summed E-state index contributed by atoms with van der Waals surface area (Å²) in [5.74, 6) is 0.